The molecular formula is C21H22ClNO3. The number of carboxylic acid groups (broad SMARTS) is 1. The number of nitrogens with one attached hydrogen (secondary N) is 1. The fourth-order valence-corrected chi connectivity index (χ4v) is 3.65. The third-order valence-corrected chi connectivity index (χ3v) is 5.32. The van der Waals surface area contributed by atoms with E-state index in [4.69, 9.17) is 16.7 Å². The number of carbonyl (C=O) groups excluding carboxylic acids is 1. The maximum absolute atomic E-state index is 12.8. The maximum Gasteiger partial charge on any atom is 0.306 e. The molecule has 0 radical (unpaired) electrons. The van der Waals surface area contributed by atoms with E-state index in [-0.39, 0.29) is 23.8 Å². The van der Waals surface area contributed by atoms with Gasteiger partial charge in [0.05, 0.1) is 12.0 Å². The summed E-state index contributed by atoms with van der Waals surface area (Å²) in [7, 11) is 0. The second-order valence-corrected chi connectivity index (χ2v) is 7.23. The highest BCUT2D eigenvalue weighted by molar-refractivity contribution is 6.30. The van der Waals surface area contributed by atoms with E-state index in [9.17, 15) is 9.59 Å². The molecule has 1 saturated carbocycles. The lowest BCUT2D eigenvalue weighted by Crippen LogP contribution is -2.37. The summed E-state index contributed by atoms with van der Waals surface area (Å²) in [6, 6.07) is 17.0. The van der Waals surface area contributed by atoms with Gasteiger partial charge in [-0.3, -0.25) is 9.59 Å². The van der Waals surface area contributed by atoms with Crippen molar-refractivity contribution in [3.8, 4) is 0 Å². The summed E-state index contributed by atoms with van der Waals surface area (Å²) in [5.74, 6) is -1.23. The highest BCUT2D eigenvalue weighted by Crippen LogP contribution is 2.31. The Morgan fingerprint density at radius 3 is 2.00 bits per heavy atom. The first-order valence-corrected chi connectivity index (χ1v) is 9.26. The lowest BCUT2D eigenvalue weighted by molar-refractivity contribution is -0.144. The van der Waals surface area contributed by atoms with Crippen LogP contribution in [0.5, 0.6) is 0 Å². The lowest BCUT2D eigenvalue weighted by Gasteiger charge is -2.28. The number of benzene rings is 2. The fourth-order valence-electron chi connectivity index (χ4n) is 3.52. The molecule has 0 aliphatic heterocycles. The van der Waals surface area contributed by atoms with Crippen LogP contribution in [0.2, 0.25) is 5.02 Å². The Balaban J connectivity index is 1.75. The topological polar surface area (TPSA) is 66.4 Å². The standard InChI is InChI=1S/C21H22ClNO3/c22-18-12-10-15(11-13-18)19(14-4-2-1-3-5-14)23-20(24)16-6-8-17(9-7-16)21(25)26/h1-5,10-13,16-17,19H,6-9H2,(H,23,24)(H,25,26). The molecule has 0 saturated heterocycles. The smallest absolute Gasteiger partial charge is 0.306 e. The van der Waals surface area contributed by atoms with Crippen molar-refractivity contribution in [3.63, 3.8) is 0 Å². The van der Waals surface area contributed by atoms with Gasteiger partial charge in [-0.15, -0.1) is 0 Å². The predicted octanol–water partition coefficient (Wildman–Crippen LogP) is 4.44. The summed E-state index contributed by atoms with van der Waals surface area (Å²) >= 11 is 5.99. The third-order valence-electron chi connectivity index (χ3n) is 5.07. The predicted molar refractivity (Wildman–Crippen MR) is 101 cm³/mol. The van der Waals surface area contributed by atoms with Crippen LogP contribution < -0.4 is 5.32 Å². The summed E-state index contributed by atoms with van der Waals surface area (Å²) in [5, 5.41) is 12.9. The van der Waals surface area contributed by atoms with E-state index in [0.717, 1.165) is 11.1 Å². The molecule has 0 heterocycles. The van der Waals surface area contributed by atoms with Crippen molar-refractivity contribution < 1.29 is 14.7 Å². The first-order chi connectivity index (χ1) is 12.5. The molecule has 1 amide bonds. The minimum absolute atomic E-state index is 0.0161. The first-order valence-electron chi connectivity index (χ1n) is 8.88. The molecule has 0 bridgehead atoms. The highest BCUT2D eigenvalue weighted by atomic mass is 35.5. The van der Waals surface area contributed by atoms with Crippen molar-refractivity contribution >= 4 is 23.5 Å². The molecule has 26 heavy (non-hydrogen) atoms. The zero-order valence-electron chi connectivity index (χ0n) is 14.4. The Hall–Kier alpha value is -2.33. The second-order valence-electron chi connectivity index (χ2n) is 6.79. The zero-order valence-corrected chi connectivity index (χ0v) is 15.2. The average molecular weight is 372 g/mol. The number of hydrogen-bond acceptors (Lipinski definition) is 2. The van der Waals surface area contributed by atoms with Gasteiger partial charge in [0, 0.05) is 10.9 Å². The highest BCUT2D eigenvalue weighted by Gasteiger charge is 2.31. The molecule has 0 spiro atoms. The molecule has 136 valence electrons. The molecule has 1 atom stereocenters. The Morgan fingerprint density at radius 2 is 1.42 bits per heavy atom. The van der Waals surface area contributed by atoms with E-state index in [1.807, 2.05) is 54.6 Å². The van der Waals surface area contributed by atoms with Gasteiger partial charge in [0.1, 0.15) is 0 Å². The summed E-state index contributed by atoms with van der Waals surface area (Å²) in [4.78, 5) is 23.9. The van der Waals surface area contributed by atoms with Gasteiger partial charge in [0.25, 0.3) is 0 Å². The fraction of sp³-hybridized carbons (Fsp3) is 0.333. The van der Waals surface area contributed by atoms with Crippen molar-refractivity contribution in [2.45, 2.75) is 31.7 Å². The SMILES string of the molecule is O=C(O)C1CCC(C(=O)NC(c2ccccc2)c2ccc(Cl)cc2)CC1. The molecule has 2 aromatic rings. The molecule has 1 fully saturated rings. The van der Waals surface area contributed by atoms with Crippen molar-refractivity contribution in [1.29, 1.82) is 0 Å². The van der Waals surface area contributed by atoms with Gasteiger partial charge in [-0.05, 0) is 48.9 Å². The Kier molecular flexibility index (Phi) is 5.94. The zero-order chi connectivity index (χ0) is 18.5. The number of halogens is 1. The number of aliphatic carboxylic acids is 1. The van der Waals surface area contributed by atoms with Gasteiger partial charge in [0.15, 0.2) is 0 Å². The Labute approximate surface area is 158 Å². The number of rotatable bonds is 5. The van der Waals surface area contributed by atoms with E-state index < -0.39 is 5.97 Å². The van der Waals surface area contributed by atoms with E-state index in [2.05, 4.69) is 5.32 Å². The number of carbonyl (C=O) groups is 2. The molecule has 0 aromatic heterocycles. The maximum atomic E-state index is 12.8. The van der Waals surface area contributed by atoms with Gasteiger partial charge in [-0.1, -0.05) is 54.1 Å². The van der Waals surface area contributed by atoms with E-state index in [1.165, 1.54) is 0 Å². The first kappa shape index (κ1) is 18.5. The molecule has 4 nitrogen and oxygen atoms in total. The van der Waals surface area contributed by atoms with Crippen molar-refractivity contribution in [1.82, 2.24) is 5.32 Å². The summed E-state index contributed by atoms with van der Waals surface area (Å²) < 4.78 is 0. The summed E-state index contributed by atoms with van der Waals surface area (Å²) in [5.41, 5.74) is 1.97. The van der Waals surface area contributed by atoms with Crippen LogP contribution in [-0.4, -0.2) is 17.0 Å². The van der Waals surface area contributed by atoms with Crippen molar-refractivity contribution in [3.05, 3.63) is 70.7 Å². The molecule has 2 N–H and O–H groups in total. The minimum Gasteiger partial charge on any atom is -0.481 e. The van der Waals surface area contributed by atoms with Crippen molar-refractivity contribution in [2.24, 2.45) is 11.8 Å². The molecule has 2 aromatic carbocycles. The van der Waals surface area contributed by atoms with Gasteiger partial charge < -0.3 is 10.4 Å². The van der Waals surface area contributed by atoms with Crippen LogP contribution in [0.1, 0.15) is 42.9 Å². The van der Waals surface area contributed by atoms with Gasteiger partial charge in [0.2, 0.25) is 5.91 Å². The largest absolute Gasteiger partial charge is 0.481 e. The van der Waals surface area contributed by atoms with Crippen LogP contribution in [0, 0.1) is 11.8 Å². The van der Waals surface area contributed by atoms with Crippen LogP contribution in [0.25, 0.3) is 0 Å². The number of carboxylic acids is 1. The molecule has 1 aliphatic carbocycles. The Morgan fingerprint density at radius 1 is 0.885 bits per heavy atom. The normalized spacial score (nSPS) is 21.0. The van der Waals surface area contributed by atoms with Crippen LogP contribution in [-0.2, 0) is 9.59 Å². The second kappa shape index (κ2) is 8.37. The van der Waals surface area contributed by atoms with Crippen LogP contribution in [0.15, 0.2) is 54.6 Å². The molecule has 1 aliphatic rings. The monoisotopic (exact) mass is 371 g/mol. The van der Waals surface area contributed by atoms with Gasteiger partial charge >= 0.3 is 5.97 Å². The molecule has 5 heteroatoms. The lowest BCUT2D eigenvalue weighted by atomic mass is 9.81. The van der Waals surface area contributed by atoms with E-state index in [0.29, 0.717) is 30.7 Å². The molecule has 1 unspecified atom stereocenters. The Bertz CT molecular complexity index is 753. The quantitative estimate of drug-likeness (QED) is 0.816. The van der Waals surface area contributed by atoms with Crippen molar-refractivity contribution in [2.75, 3.05) is 0 Å². The minimum atomic E-state index is -0.757. The summed E-state index contributed by atoms with van der Waals surface area (Å²) in [6.07, 6.45) is 2.35. The van der Waals surface area contributed by atoms with Crippen LogP contribution >= 0.6 is 11.6 Å². The van der Waals surface area contributed by atoms with Gasteiger partial charge in [-0.2, -0.15) is 0 Å². The van der Waals surface area contributed by atoms with E-state index in [1.54, 1.807) is 0 Å². The van der Waals surface area contributed by atoms with Crippen LogP contribution in [0.4, 0.5) is 0 Å². The summed E-state index contributed by atoms with van der Waals surface area (Å²) in [6.45, 7) is 0. The van der Waals surface area contributed by atoms with Gasteiger partial charge in [-0.25, -0.2) is 0 Å². The number of amides is 1. The average Bonchev–Trinajstić information content (AvgIpc) is 2.67. The molecule has 3 rings (SSSR count). The molecular weight excluding hydrogens is 350 g/mol. The third kappa shape index (κ3) is 4.44. The van der Waals surface area contributed by atoms with Crippen LogP contribution in [0.3, 0.4) is 0 Å². The van der Waals surface area contributed by atoms with E-state index >= 15 is 0 Å². The number of hydrogen-bond donors (Lipinski definition) is 2.